The molecule has 1 N–H and O–H groups in total. The number of aliphatic hydroxyl groups is 1. The first-order valence-corrected chi connectivity index (χ1v) is 5.16. The van der Waals surface area contributed by atoms with Crippen LogP contribution in [0.15, 0.2) is 18.2 Å². The Labute approximate surface area is 92.7 Å². The van der Waals surface area contributed by atoms with Gasteiger partial charge in [0.15, 0.2) is 0 Å². The van der Waals surface area contributed by atoms with Crippen molar-refractivity contribution in [2.75, 3.05) is 6.61 Å². The van der Waals surface area contributed by atoms with Gasteiger partial charge in [-0.05, 0) is 18.1 Å². The Kier molecular flexibility index (Phi) is 4.05. The zero-order chi connectivity index (χ0) is 11.5. The summed E-state index contributed by atoms with van der Waals surface area (Å²) in [5.41, 5.74) is 0.617. The van der Waals surface area contributed by atoms with Crippen LogP contribution < -0.4 is 0 Å². The Balaban J connectivity index is 3.01. The molecule has 0 spiro atoms. The van der Waals surface area contributed by atoms with E-state index in [2.05, 4.69) is 0 Å². The molecule has 0 saturated heterocycles. The van der Waals surface area contributed by atoms with Crippen molar-refractivity contribution in [3.63, 3.8) is 0 Å². The molecule has 0 aliphatic rings. The van der Waals surface area contributed by atoms with Gasteiger partial charge in [-0.25, -0.2) is 0 Å². The average Bonchev–Trinajstić information content (AvgIpc) is 2.21. The molecule has 0 atom stereocenters. The summed E-state index contributed by atoms with van der Waals surface area (Å²) in [6, 6.07) is 4.13. The summed E-state index contributed by atoms with van der Waals surface area (Å²) in [6.45, 7) is 0.795. The van der Waals surface area contributed by atoms with E-state index in [1.165, 1.54) is 12.1 Å². The topological polar surface area (TPSA) is 20.2 Å². The van der Waals surface area contributed by atoms with Crippen molar-refractivity contribution in [3.05, 3.63) is 34.3 Å². The van der Waals surface area contributed by atoms with Crippen LogP contribution >= 0.6 is 11.6 Å². The second-order valence-electron chi connectivity index (χ2n) is 3.42. The van der Waals surface area contributed by atoms with Gasteiger partial charge in [0.2, 0.25) is 0 Å². The summed E-state index contributed by atoms with van der Waals surface area (Å²) >= 11 is 5.86. The van der Waals surface area contributed by atoms with E-state index >= 15 is 0 Å². The lowest BCUT2D eigenvalue weighted by Crippen LogP contribution is -2.18. The number of hydrogen-bond acceptors (Lipinski definition) is 1. The van der Waals surface area contributed by atoms with Crippen LogP contribution in [0.5, 0.6) is 0 Å². The smallest absolute Gasteiger partial charge is 0.295 e. The van der Waals surface area contributed by atoms with Gasteiger partial charge in [0.05, 0.1) is 0 Å². The number of halogens is 3. The molecular formula is C11H13ClF2O. The molecule has 1 aromatic carbocycles. The van der Waals surface area contributed by atoms with E-state index in [0.717, 1.165) is 18.4 Å². The van der Waals surface area contributed by atoms with Crippen LogP contribution in [-0.4, -0.2) is 11.7 Å². The molecule has 1 rings (SSSR count). The maximum absolute atomic E-state index is 13.1. The third-order valence-corrected chi connectivity index (χ3v) is 2.55. The summed E-state index contributed by atoms with van der Waals surface area (Å²) in [6.07, 6.45) is 1.68. The molecule has 1 nitrogen and oxygen atoms in total. The Morgan fingerprint density at radius 1 is 1.40 bits per heavy atom. The predicted octanol–water partition coefficient (Wildman–Crippen LogP) is 3.38. The number of alkyl halides is 2. The van der Waals surface area contributed by atoms with Gasteiger partial charge < -0.3 is 5.11 Å². The molecule has 0 bridgehead atoms. The van der Waals surface area contributed by atoms with Crippen molar-refractivity contribution in [1.82, 2.24) is 0 Å². The van der Waals surface area contributed by atoms with E-state index in [-0.39, 0.29) is 5.56 Å². The fraction of sp³-hybridized carbons (Fsp3) is 0.455. The van der Waals surface area contributed by atoms with Crippen molar-refractivity contribution in [2.45, 2.75) is 25.7 Å². The lowest BCUT2D eigenvalue weighted by Gasteiger charge is -2.14. The second kappa shape index (κ2) is 4.90. The molecule has 0 unspecified atom stereocenters. The molecule has 0 aliphatic carbocycles. The van der Waals surface area contributed by atoms with E-state index in [4.69, 9.17) is 16.7 Å². The van der Waals surface area contributed by atoms with Gasteiger partial charge in [-0.1, -0.05) is 37.1 Å². The van der Waals surface area contributed by atoms with Gasteiger partial charge in [-0.15, -0.1) is 0 Å². The standard InChI is InChI=1S/C11H13ClF2O/c1-2-3-8-4-5-9(6-10(8)12)11(13,14)7-15/h4-6,15H,2-3,7H2,1H3. The molecule has 0 aromatic heterocycles. The summed E-state index contributed by atoms with van der Waals surface area (Å²) < 4.78 is 26.1. The number of benzene rings is 1. The SMILES string of the molecule is CCCc1ccc(C(F)(F)CO)cc1Cl. The number of rotatable bonds is 4. The largest absolute Gasteiger partial charge is 0.390 e. The number of aliphatic hydroxyl groups excluding tert-OH is 1. The van der Waals surface area contributed by atoms with E-state index in [1.54, 1.807) is 6.07 Å². The minimum atomic E-state index is -3.21. The first-order chi connectivity index (χ1) is 7.01. The van der Waals surface area contributed by atoms with Crippen molar-refractivity contribution < 1.29 is 13.9 Å². The Morgan fingerprint density at radius 2 is 2.07 bits per heavy atom. The van der Waals surface area contributed by atoms with Gasteiger partial charge in [0.25, 0.3) is 5.92 Å². The minimum absolute atomic E-state index is 0.241. The lowest BCUT2D eigenvalue weighted by atomic mass is 10.0. The molecule has 0 amide bonds. The third-order valence-electron chi connectivity index (χ3n) is 2.19. The van der Waals surface area contributed by atoms with Crippen LogP contribution in [0, 0.1) is 0 Å². The van der Waals surface area contributed by atoms with Gasteiger partial charge in [-0.2, -0.15) is 8.78 Å². The van der Waals surface area contributed by atoms with Crippen molar-refractivity contribution in [1.29, 1.82) is 0 Å². The van der Waals surface area contributed by atoms with Gasteiger partial charge in [0, 0.05) is 10.6 Å². The fourth-order valence-corrected chi connectivity index (χ4v) is 1.61. The molecular weight excluding hydrogens is 222 g/mol. The summed E-state index contributed by atoms with van der Waals surface area (Å²) in [7, 11) is 0. The Morgan fingerprint density at radius 3 is 2.53 bits per heavy atom. The Hall–Kier alpha value is -0.670. The van der Waals surface area contributed by atoms with Gasteiger partial charge in [0.1, 0.15) is 6.61 Å². The highest BCUT2D eigenvalue weighted by Gasteiger charge is 2.30. The van der Waals surface area contributed by atoms with Gasteiger partial charge in [-0.3, -0.25) is 0 Å². The van der Waals surface area contributed by atoms with E-state index in [9.17, 15) is 8.78 Å². The molecule has 0 fully saturated rings. The van der Waals surface area contributed by atoms with Crippen LogP contribution in [0.1, 0.15) is 24.5 Å². The average molecular weight is 235 g/mol. The van der Waals surface area contributed by atoms with Crippen LogP contribution in [-0.2, 0) is 12.3 Å². The first-order valence-electron chi connectivity index (χ1n) is 4.79. The quantitative estimate of drug-likeness (QED) is 0.847. The predicted molar refractivity (Wildman–Crippen MR) is 56.4 cm³/mol. The van der Waals surface area contributed by atoms with Crippen LogP contribution in [0.3, 0.4) is 0 Å². The van der Waals surface area contributed by atoms with Crippen LogP contribution in [0.2, 0.25) is 5.02 Å². The second-order valence-corrected chi connectivity index (χ2v) is 3.83. The highest BCUT2D eigenvalue weighted by atomic mass is 35.5. The monoisotopic (exact) mass is 234 g/mol. The van der Waals surface area contributed by atoms with Crippen LogP contribution in [0.25, 0.3) is 0 Å². The highest BCUT2D eigenvalue weighted by molar-refractivity contribution is 6.31. The molecule has 0 aliphatic heterocycles. The first kappa shape index (κ1) is 12.4. The van der Waals surface area contributed by atoms with E-state index in [1.807, 2.05) is 6.92 Å². The zero-order valence-electron chi connectivity index (χ0n) is 8.43. The Bertz CT molecular complexity index is 339. The normalized spacial score (nSPS) is 11.8. The van der Waals surface area contributed by atoms with Crippen LogP contribution in [0.4, 0.5) is 8.78 Å². The summed E-state index contributed by atoms with van der Waals surface area (Å²) in [5, 5.41) is 8.85. The number of hydrogen-bond donors (Lipinski definition) is 1. The molecule has 1 aromatic rings. The summed E-state index contributed by atoms with van der Waals surface area (Å²) in [5.74, 6) is -3.21. The highest BCUT2D eigenvalue weighted by Crippen LogP contribution is 2.30. The molecule has 4 heteroatoms. The fourth-order valence-electron chi connectivity index (χ4n) is 1.34. The lowest BCUT2D eigenvalue weighted by molar-refractivity contribution is -0.0556. The van der Waals surface area contributed by atoms with E-state index in [0.29, 0.717) is 5.02 Å². The van der Waals surface area contributed by atoms with E-state index < -0.39 is 12.5 Å². The minimum Gasteiger partial charge on any atom is -0.390 e. The number of aryl methyl sites for hydroxylation is 1. The van der Waals surface area contributed by atoms with Crippen molar-refractivity contribution >= 4 is 11.6 Å². The van der Waals surface area contributed by atoms with Crippen molar-refractivity contribution in [3.8, 4) is 0 Å². The zero-order valence-corrected chi connectivity index (χ0v) is 9.19. The maximum Gasteiger partial charge on any atom is 0.295 e. The maximum atomic E-state index is 13.1. The molecule has 0 saturated carbocycles. The molecule has 0 heterocycles. The van der Waals surface area contributed by atoms with Gasteiger partial charge >= 0.3 is 0 Å². The third kappa shape index (κ3) is 2.89. The molecule has 0 radical (unpaired) electrons. The molecule has 15 heavy (non-hydrogen) atoms. The van der Waals surface area contributed by atoms with Crippen molar-refractivity contribution in [2.24, 2.45) is 0 Å². The molecule has 84 valence electrons. The summed E-state index contributed by atoms with van der Waals surface area (Å²) in [4.78, 5) is 0.